The fraction of sp³-hybridized carbons (Fsp3) is 0.0870. The van der Waals surface area contributed by atoms with Gasteiger partial charge in [0.1, 0.15) is 22.9 Å². The van der Waals surface area contributed by atoms with Gasteiger partial charge in [-0.1, -0.05) is 17.7 Å². The third-order valence-electron chi connectivity index (χ3n) is 4.50. The molecule has 0 unspecified atom stereocenters. The van der Waals surface area contributed by atoms with E-state index >= 15 is 0 Å². The van der Waals surface area contributed by atoms with Gasteiger partial charge < -0.3 is 9.15 Å². The minimum absolute atomic E-state index is 0.00441. The van der Waals surface area contributed by atoms with Gasteiger partial charge in [-0.25, -0.2) is 14.2 Å². The maximum absolute atomic E-state index is 14.4. The van der Waals surface area contributed by atoms with Crippen molar-refractivity contribution in [3.05, 3.63) is 85.4 Å². The van der Waals surface area contributed by atoms with Gasteiger partial charge in [0.25, 0.3) is 0 Å². The van der Waals surface area contributed by atoms with Crippen molar-refractivity contribution in [3.8, 4) is 16.9 Å². The number of hydrogen-bond donors (Lipinski definition) is 0. The van der Waals surface area contributed by atoms with Crippen LogP contribution in [0.4, 0.5) is 4.39 Å². The maximum Gasteiger partial charge on any atom is 0.336 e. The van der Waals surface area contributed by atoms with Crippen molar-refractivity contribution >= 4 is 46.0 Å². The third kappa shape index (κ3) is 4.28. The highest BCUT2D eigenvalue weighted by atomic mass is 35.5. The van der Waals surface area contributed by atoms with Crippen molar-refractivity contribution in [1.82, 2.24) is 4.98 Å². The molecular weight excluding hydrogens is 441 g/mol. The highest BCUT2D eigenvalue weighted by Crippen LogP contribution is 2.32. The zero-order chi connectivity index (χ0) is 22.1. The lowest BCUT2D eigenvalue weighted by Gasteiger charge is -2.10. The average molecular weight is 456 g/mol. The first-order valence-corrected chi connectivity index (χ1v) is 10.4. The molecule has 0 aliphatic heterocycles. The predicted molar refractivity (Wildman–Crippen MR) is 119 cm³/mol. The number of hydrogen-bond acceptors (Lipinski definition) is 6. The Balaban J connectivity index is 1.67. The lowest BCUT2D eigenvalue weighted by Crippen LogP contribution is -2.09. The summed E-state index contributed by atoms with van der Waals surface area (Å²) in [5, 5.41) is 3.05. The number of nitrogens with zero attached hydrogens (tertiary/aromatic N) is 1. The number of esters is 1. The predicted octanol–water partition coefficient (Wildman–Crippen LogP) is 5.94. The van der Waals surface area contributed by atoms with Crippen LogP contribution in [0.5, 0.6) is 5.75 Å². The highest BCUT2D eigenvalue weighted by molar-refractivity contribution is 7.09. The van der Waals surface area contributed by atoms with Crippen molar-refractivity contribution in [2.45, 2.75) is 13.8 Å². The number of halogens is 2. The molecule has 0 spiro atoms. The second kappa shape index (κ2) is 8.45. The quantitative estimate of drug-likeness (QED) is 0.216. The Hall–Kier alpha value is -3.29. The van der Waals surface area contributed by atoms with E-state index in [1.807, 2.05) is 12.3 Å². The molecular formula is C23H15ClFNO4S. The minimum atomic E-state index is -0.616. The number of carbonyl (C=O) groups is 1. The van der Waals surface area contributed by atoms with E-state index in [1.165, 1.54) is 53.8 Å². The summed E-state index contributed by atoms with van der Waals surface area (Å²) in [6.07, 6.45) is 2.82. The molecule has 0 saturated heterocycles. The van der Waals surface area contributed by atoms with Crippen LogP contribution in [0.2, 0.25) is 5.02 Å². The van der Waals surface area contributed by atoms with Gasteiger partial charge in [-0.2, -0.15) is 0 Å². The van der Waals surface area contributed by atoms with Crippen molar-refractivity contribution in [2.75, 3.05) is 0 Å². The van der Waals surface area contributed by atoms with Gasteiger partial charge in [-0.3, -0.25) is 4.79 Å². The van der Waals surface area contributed by atoms with Gasteiger partial charge in [-0.05, 0) is 44.2 Å². The van der Waals surface area contributed by atoms with E-state index in [1.54, 1.807) is 13.0 Å². The van der Waals surface area contributed by atoms with Crippen LogP contribution >= 0.6 is 22.9 Å². The maximum atomic E-state index is 14.4. The number of thiazole rings is 1. The molecule has 4 aromatic rings. The number of aromatic nitrogens is 1. The van der Waals surface area contributed by atoms with Crippen LogP contribution in [0, 0.1) is 19.7 Å². The first-order chi connectivity index (χ1) is 14.8. The monoisotopic (exact) mass is 455 g/mol. The number of benzene rings is 2. The molecule has 0 amide bonds. The summed E-state index contributed by atoms with van der Waals surface area (Å²) in [5.41, 5.74) is 0.501. The molecule has 31 heavy (non-hydrogen) atoms. The lowest BCUT2D eigenvalue weighted by molar-refractivity contribution is -0.128. The molecule has 0 radical (unpaired) electrons. The normalized spacial score (nSPS) is 11.4. The summed E-state index contributed by atoms with van der Waals surface area (Å²) in [4.78, 5) is 29.4. The van der Waals surface area contributed by atoms with E-state index in [4.69, 9.17) is 20.8 Å². The zero-order valence-electron chi connectivity index (χ0n) is 16.4. The highest BCUT2D eigenvalue weighted by Gasteiger charge is 2.19. The number of ether oxygens (including phenoxy) is 1. The van der Waals surface area contributed by atoms with Crippen LogP contribution in [-0.2, 0) is 4.79 Å². The molecule has 4 rings (SSSR count). The summed E-state index contributed by atoms with van der Waals surface area (Å²) >= 11 is 7.61. The molecule has 156 valence electrons. The Morgan fingerprint density at radius 1 is 1.23 bits per heavy atom. The molecule has 0 atom stereocenters. The Morgan fingerprint density at radius 3 is 2.74 bits per heavy atom. The van der Waals surface area contributed by atoms with E-state index in [0.29, 0.717) is 5.69 Å². The molecule has 0 aliphatic rings. The van der Waals surface area contributed by atoms with Gasteiger partial charge >= 0.3 is 5.97 Å². The van der Waals surface area contributed by atoms with Crippen molar-refractivity contribution in [2.24, 2.45) is 0 Å². The van der Waals surface area contributed by atoms with E-state index in [-0.39, 0.29) is 38.6 Å². The first kappa shape index (κ1) is 21.0. The second-order valence-electron chi connectivity index (χ2n) is 6.66. The van der Waals surface area contributed by atoms with Crippen LogP contribution in [0.25, 0.3) is 28.2 Å². The second-order valence-corrected chi connectivity index (χ2v) is 8.13. The smallest absolute Gasteiger partial charge is 0.336 e. The van der Waals surface area contributed by atoms with Crippen molar-refractivity contribution < 1.29 is 18.3 Å². The van der Waals surface area contributed by atoms with Gasteiger partial charge in [0, 0.05) is 23.1 Å². The largest absolute Gasteiger partial charge is 0.460 e. The number of carbonyl (C=O) groups excluding carboxylic acids is 1. The zero-order valence-corrected chi connectivity index (χ0v) is 18.0. The molecule has 0 bridgehead atoms. The molecule has 8 heteroatoms. The first-order valence-electron chi connectivity index (χ1n) is 9.17. The van der Waals surface area contributed by atoms with Crippen molar-refractivity contribution in [3.63, 3.8) is 0 Å². The van der Waals surface area contributed by atoms with E-state index in [9.17, 15) is 14.0 Å². The van der Waals surface area contributed by atoms with Crippen molar-refractivity contribution in [1.29, 1.82) is 0 Å². The van der Waals surface area contributed by atoms with Crippen LogP contribution in [0.15, 0.2) is 57.1 Å². The summed E-state index contributed by atoms with van der Waals surface area (Å²) in [6, 6.07) is 8.58. The summed E-state index contributed by atoms with van der Waals surface area (Å²) in [5.74, 6) is -0.809. The number of rotatable bonds is 4. The lowest BCUT2D eigenvalue weighted by atomic mass is 10.0. The number of fused-ring (bicyclic) bond motifs is 1. The third-order valence-corrected chi connectivity index (χ3v) is 5.60. The fourth-order valence-corrected chi connectivity index (χ4v) is 3.97. The Bertz CT molecular complexity index is 1390. The summed E-state index contributed by atoms with van der Waals surface area (Å²) in [7, 11) is 0. The minimum Gasteiger partial charge on any atom is -0.460 e. The summed E-state index contributed by atoms with van der Waals surface area (Å²) < 4.78 is 25.4. The Labute approximate surface area is 185 Å². The van der Waals surface area contributed by atoms with Crippen LogP contribution < -0.4 is 10.2 Å². The number of aryl methyl sites for hydroxylation is 2. The molecule has 0 aliphatic carbocycles. The average Bonchev–Trinajstić information content (AvgIpc) is 3.13. The standard InChI is InChI=1S/C23H15ClFNO4S/c1-12-21(22-17(24)4-3-5-18(22)25)23(28)16-8-7-15(10-19(16)29-12)30-20(27)9-6-14-11-31-13(2)26-14/h3-11H,1-2H3/b9-6-. The molecule has 0 N–H and O–H groups in total. The molecule has 5 nitrogen and oxygen atoms in total. The van der Waals surface area contributed by atoms with Crippen LogP contribution in [0.1, 0.15) is 16.5 Å². The van der Waals surface area contributed by atoms with Gasteiger partial charge in [0.05, 0.1) is 26.7 Å². The van der Waals surface area contributed by atoms with E-state index in [2.05, 4.69) is 4.98 Å². The Kier molecular flexibility index (Phi) is 5.71. The molecule has 2 heterocycles. The summed E-state index contributed by atoms with van der Waals surface area (Å²) in [6.45, 7) is 3.42. The molecule has 0 fully saturated rings. The van der Waals surface area contributed by atoms with Crippen LogP contribution in [0.3, 0.4) is 0 Å². The molecule has 0 saturated carbocycles. The van der Waals surface area contributed by atoms with E-state index in [0.717, 1.165) is 5.01 Å². The topological polar surface area (TPSA) is 69.4 Å². The molecule has 2 aromatic heterocycles. The van der Waals surface area contributed by atoms with Gasteiger partial charge in [0.15, 0.2) is 0 Å². The van der Waals surface area contributed by atoms with Crippen LogP contribution in [-0.4, -0.2) is 11.0 Å². The molecule has 2 aromatic carbocycles. The Morgan fingerprint density at radius 2 is 2.03 bits per heavy atom. The fourth-order valence-electron chi connectivity index (χ4n) is 3.14. The SMILES string of the molecule is Cc1nc(/C=C\C(=O)Oc2ccc3c(=O)c(-c4c(F)cccc4Cl)c(C)oc3c2)cs1. The van der Waals surface area contributed by atoms with Gasteiger partial charge in [0.2, 0.25) is 5.43 Å². The van der Waals surface area contributed by atoms with E-state index < -0.39 is 17.2 Å². The van der Waals surface area contributed by atoms with Gasteiger partial charge in [-0.15, -0.1) is 11.3 Å².